The summed E-state index contributed by atoms with van der Waals surface area (Å²) in [6, 6.07) is 8.86. The summed E-state index contributed by atoms with van der Waals surface area (Å²) in [5.74, 6) is 0.524. The molecule has 1 aromatic carbocycles. The Morgan fingerprint density at radius 2 is 1.88 bits per heavy atom. The van der Waals surface area contributed by atoms with Crippen LogP contribution in [0.2, 0.25) is 0 Å². The molecule has 24 heavy (non-hydrogen) atoms. The normalized spacial score (nSPS) is 32.0. The minimum Gasteiger partial charge on any atom is -0.311 e. The second-order valence-corrected chi connectivity index (χ2v) is 9.20. The highest BCUT2D eigenvalue weighted by atomic mass is 32.2. The Hall–Kier alpha value is -1.91. The molecule has 7 heteroatoms. The Balaban J connectivity index is 1.49. The van der Waals surface area contributed by atoms with E-state index in [0.29, 0.717) is 31.0 Å². The van der Waals surface area contributed by atoms with Gasteiger partial charge in [-0.2, -0.15) is 5.26 Å². The summed E-state index contributed by atoms with van der Waals surface area (Å²) in [6.07, 6.45) is 1.45. The first-order chi connectivity index (χ1) is 11.5. The van der Waals surface area contributed by atoms with E-state index in [-0.39, 0.29) is 23.1 Å². The number of fused-ring (bicyclic) bond motifs is 1. The maximum Gasteiger partial charge on any atom is 0.244 e. The minimum atomic E-state index is -2.97. The highest BCUT2D eigenvalue weighted by Crippen LogP contribution is 2.36. The number of likely N-dealkylation sites (tertiary alicyclic amines) is 1. The summed E-state index contributed by atoms with van der Waals surface area (Å²) in [5.41, 5.74) is 1.37. The molecule has 0 N–H and O–H groups in total. The Morgan fingerprint density at radius 1 is 1.12 bits per heavy atom. The van der Waals surface area contributed by atoms with E-state index in [2.05, 4.69) is 11.0 Å². The predicted octanol–water partition coefficient (Wildman–Crippen LogP) is 0.782. The summed E-state index contributed by atoms with van der Waals surface area (Å²) in [4.78, 5) is 16.6. The molecule has 3 aliphatic rings. The van der Waals surface area contributed by atoms with Crippen LogP contribution in [-0.2, 0) is 14.6 Å². The van der Waals surface area contributed by atoms with Gasteiger partial charge >= 0.3 is 0 Å². The molecule has 3 saturated heterocycles. The maximum atomic E-state index is 12.8. The molecule has 3 fully saturated rings. The van der Waals surface area contributed by atoms with Crippen molar-refractivity contribution in [2.75, 3.05) is 30.3 Å². The summed E-state index contributed by atoms with van der Waals surface area (Å²) in [5, 5.41) is 8.58. The van der Waals surface area contributed by atoms with E-state index in [9.17, 15) is 13.2 Å². The van der Waals surface area contributed by atoms with Crippen molar-refractivity contribution in [1.29, 1.82) is 5.26 Å². The lowest BCUT2D eigenvalue weighted by molar-refractivity contribution is -0.121. The van der Waals surface area contributed by atoms with Crippen LogP contribution in [0.25, 0.3) is 0 Å². The Morgan fingerprint density at radius 3 is 2.54 bits per heavy atom. The molecule has 6 nitrogen and oxygen atoms in total. The number of nitriles is 1. The average molecular weight is 345 g/mol. The first-order valence-corrected chi connectivity index (χ1v) is 9.98. The van der Waals surface area contributed by atoms with Crippen LogP contribution in [0.5, 0.6) is 0 Å². The van der Waals surface area contributed by atoms with Crippen LogP contribution < -0.4 is 4.90 Å². The van der Waals surface area contributed by atoms with Gasteiger partial charge in [-0.25, -0.2) is 8.42 Å². The highest BCUT2D eigenvalue weighted by Gasteiger charge is 2.50. The predicted molar refractivity (Wildman–Crippen MR) is 89.2 cm³/mol. The van der Waals surface area contributed by atoms with Crippen LogP contribution in [0.4, 0.5) is 5.69 Å². The van der Waals surface area contributed by atoms with Crippen LogP contribution in [-0.4, -0.2) is 55.9 Å². The summed E-state index contributed by atoms with van der Waals surface area (Å²) >= 11 is 0. The summed E-state index contributed by atoms with van der Waals surface area (Å²) in [6.45, 7) is 1.83. The SMILES string of the molecule is N#Cc1ccc(N2CCC(N3C[C@@H]4CCS(=O)(=O)[C@@H]4C3)C2=O)cc1. The molecule has 3 atom stereocenters. The lowest BCUT2D eigenvalue weighted by Gasteiger charge is -2.24. The number of carbonyl (C=O) groups is 1. The van der Waals surface area contributed by atoms with E-state index in [1.807, 2.05) is 0 Å². The van der Waals surface area contributed by atoms with Gasteiger partial charge in [0.25, 0.3) is 0 Å². The molecule has 1 unspecified atom stereocenters. The lowest BCUT2D eigenvalue weighted by atomic mass is 10.1. The molecule has 0 bridgehead atoms. The van der Waals surface area contributed by atoms with Gasteiger partial charge in [-0.1, -0.05) is 0 Å². The van der Waals surface area contributed by atoms with Crippen LogP contribution in [0.15, 0.2) is 24.3 Å². The van der Waals surface area contributed by atoms with Crippen LogP contribution in [0.3, 0.4) is 0 Å². The Bertz CT molecular complexity index is 812. The second kappa shape index (κ2) is 5.57. The van der Waals surface area contributed by atoms with Crippen molar-refractivity contribution >= 4 is 21.4 Å². The van der Waals surface area contributed by atoms with Gasteiger partial charge in [-0.3, -0.25) is 9.69 Å². The van der Waals surface area contributed by atoms with E-state index in [4.69, 9.17) is 5.26 Å². The van der Waals surface area contributed by atoms with Gasteiger partial charge in [0.2, 0.25) is 5.91 Å². The van der Waals surface area contributed by atoms with Gasteiger partial charge in [-0.05, 0) is 43.0 Å². The van der Waals surface area contributed by atoms with E-state index in [1.165, 1.54) is 0 Å². The van der Waals surface area contributed by atoms with E-state index >= 15 is 0 Å². The van der Waals surface area contributed by atoms with Crippen molar-refractivity contribution in [3.05, 3.63) is 29.8 Å². The van der Waals surface area contributed by atoms with Crippen molar-refractivity contribution in [1.82, 2.24) is 4.90 Å². The molecular formula is C17H19N3O3S. The first-order valence-electron chi connectivity index (χ1n) is 8.27. The standard InChI is InChI=1S/C17H19N3O3S/c18-9-12-1-3-14(4-2-12)20-7-5-15(17(20)21)19-10-13-6-8-24(22,23)16(13)11-19/h1-4,13,15-16H,5-8,10-11H2/t13-,15?,16+/m0/s1. The van der Waals surface area contributed by atoms with Gasteiger partial charge in [0.1, 0.15) is 0 Å². The molecule has 1 amide bonds. The van der Waals surface area contributed by atoms with Crippen LogP contribution >= 0.6 is 0 Å². The van der Waals surface area contributed by atoms with Gasteiger partial charge < -0.3 is 4.90 Å². The van der Waals surface area contributed by atoms with Gasteiger partial charge in [0.15, 0.2) is 9.84 Å². The molecule has 3 heterocycles. The number of hydrogen-bond acceptors (Lipinski definition) is 5. The Labute approximate surface area is 141 Å². The van der Waals surface area contributed by atoms with Gasteiger partial charge in [-0.15, -0.1) is 0 Å². The quantitative estimate of drug-likeness (QED) is 0.791. The van der Waals surface area contributed by atoms with E-state index in [1.54, 1.807) is 29.2 Å². The van der Waals surface area contributed by atoms with E-state index < -0.39 is 9.84 Å². The number of sulfone groups is 1. The number of benzene rings is 1. The fraction of sp³-hybridized carbons (Fsp3) is 0.529. The molecule has 4 rings (SSSR count). The minimum absolute atomic E-state index is 0.0390. The highest BCUT2D eigenvalue weighted by molar-refractivity contribution is 7.92. The molecular weight excluding hydrogens is 326 g/mol. The zero-order valence-corrected chi connectivity index (χ0v) is 14.1. The molecule has 126 valence electrons. The van der Waals surface area contributed by atoms with Crippen molar-refractivity contribution in [2.45, 2.75) is 24.1 Å². The number of nitrogens with zero attached hydrogens (tertiary/aromatic N) is 3. The van der Waals surface area contributed by atoms with Crippen LogP contribution in [0.1, 0.15) is 18.4 Å². The maximum absolute atomic E-state index is 12.8. The monoisotopic (exact) mass is 345 g/mol. The first kappa shape index (κ1) is 15.6. The molecule has 0 saturated carbocycles. The zero-order valence-electron chi connectivity index (χ0n) is 13.3. The average Bonchev–Trinajstić information content (AvgIpc) is 3.23. The molecule has 0 spiro atoms. The number of amides is 1. The molecule has 3 aliphatic heterocycles. The third-order valence-electron chi connectivity index (χ3n) is 5.57. The molecule has 0 aromatic heterocycles. The fourth-order valence-corrected chi connectivity index (χ4v) is 6.42. The zero-order chi connectivity index (χ0) is 16.9. The van der Waals surface area contributed by atoms with E-state index in [0.717, 1.165) is 18.5 Å². The number of rotatable bonds is 2. The largest absolute Gasteiger partial charge is 0.311 e. The fourth-order valence-electron chi connectivity index (χ4n) is 4.25. The topological polar surface area (TPSA) is 81.5 Å². The lowest BCUT2D eigenvalue weighted by Crippen LogP contribution is -2.42. The van der Waals surface area contributed by atoms with Crippen LogP contribution in [0, 0.1) is 17.2 Å². The van der Waals surface area contributed by atoms with Crippen molar-refractivity contribution in [3.63, 3.8) is 0 Å². The number of anilines is 1. The Kier molecular flexibility index (Phi) is 3.62. The molecule has 0 radical (unpaired) electrons. The molecule has 1 aromatic rings. The summed E-state index contributed by atoms with van der Waals surface area (Å²) in [7, 11) is -2.97. The van der Waals surface area contributed by atoms with Crippen molar-refractivity contribution in [2.24, 2.45) is 5.92 Å². The van der Waals surface area contributed by atoms with Crippen molar-refractivity contribution in [3.8, 4) is 6.07 Å². The van der Waals surface area contributed by atoms with Gasteiger partial charge in [0.05, 0.1) is 28.7 Å². The second-order valence-electron chi connectivity index (χ2n) is 6.86. The number of hydrogen-bond donors (Lipinski definition) is 0. The van der Waals surface area contributed by atoms with Gasteiger partial charge in [0, 0.05) is 25.3 Å². The molecule has 0 aliphatic carbocycles. The third-order valence-corrected chi connectivity index (χ3v) is 7.83. The number of carbonyl (C=O) groups excluding carboxylic acids is 1. The smallest absolute Gasteiger partial charge is 0.244 e. The van der Waals surface area contributed by atoms with Crippen molar-refractivity contribution < 1.29 is 13.2 Å². The summed E-state index contributed by atoms with van der Waals surface area (Å²) < 4.78 is 24.2. The third kappa shape index (κ3) is 2.41.